The molecule has 2 unspecified atom stereocenters. The van der Waals surface area contributed by atoms with E-state index < -0.39 is 17.5 Å². The second-order valence-electron chi connectivity index (χ2n) is 4.81. The highest BCUT2D eigenvalue weighted by Gasteiger charge is 2.38. The molecule has 0 fully saturated rings. The Morgan fingerprint density at radius 1 is 1.37 bits per heavy atom. The molecule has 2 atom stereocenters. The smallest absolute Gasteiger partial charge is 0.309 e. The van der Waals surface area contributed by atoms with E-state index >= 15 is 0 Å². The van der Waals surface area contributed by atoms with Crippen molar-refractivity contribution in [1.82, 2.24) is 0 Å². The van der Waals surface area contributed by atoms with Crippen molar-refractivity contribution in [2.45, 2.75) is 38.7 Å². The number of unbranched alkanes of at least 4 members (excludes halogenated alkanes) is 1. The van der Waals surface area contributed by atoms with Crippen LogP contribution >= 0.6 is 23.2 Å². The first-order valence-electron chi connectivity index (χ1n) is 6.21. The van der Waals surface area contributed by atoms with Crippen molar-refractivity contribution in [2.75, 3.05) is 0 Å². The summed E-state index contributed by atoms with van der Waals surface area (Å²) in [7, 11) is 0. The fraction of sp³-hybridized carbons (Fsp3) is 0.500. The summed E-state index contributed by atoms with van der Waals surface area (Å²) in [5.74, 6) is -1.88. The number of carboxylic acid groups (broad SMARTS) is 1. The Morgan fingerprint density at radius 3 is 2.47 bits per heavy atom. The van der Waals surface area contributed by atoms with Crippen LogP contribution in [0, 0.1) is 5.92 Å². The zero-order chi connectivity index (χ0) is 14.6. The number of benzene rings is 1. The maximum Gasteiger partial charge on any atom is 0.309 e. The van der Waals surface area contributed by atoms with Gasteiger partial charge in [-0.1, -0.05) is 49.0 Å². The fourth-order valence-corrected chi connectivity index (χ4v) is 2.36. The summed E-state index contributed by atoms with van der Waals surface area (Å²) in [6, 6.07) is 4.69. The van der Waals surface area contributed by atoms with Gasteiger partial charge in [0.15, 0.2) is 0 Å². The molecule has 0 aliphatic rings. The van der Waals surface area contributed by atoms with Gasteiger partial charge in [-0.3, -0.25) is 4.79 Å². The molecule has 0 aliphatic heterocycles. The van der Waals surface area contributed by atoms with Crippen molar-refractivity contribution in [3.63, 3.8) is 0 Å². The molecule has 1 aromatic carbocycles. The highest BCUT2D eigenvalue weighted by Crippen LogP contribution is 2.35. The van der Waals surface area contributed by atoms with Crippen molar-refractivity contribution >= 4 is 29.2 Å². The molecule has 0 aromatic heterocycles. The minimum Gasteiger partial charge on any atom is -0.481 e. The molecule has 0 radical (unpaired) electrons. The van der Waals surface area contributed by atoms with Crippen molar-refractivity contribution in [3.8, 4) is 0 Å². The molecular weight excluding hydrogens is 287 g/mol. The van der Waals surface area contributed by atoms with Gasteiger partial charge in [-0.2, -0.15) is 0 Å². The molecular formula is C14H18Cl2O3. The van der Waals surface area contributed by atoms with Gasteiger partial charge in [0.2, 0.25) is 0 Å². The van der Waals surface area contributed by atoms with E-state index in [4.69, 9.17) is 23.2 Å². The van der Waals surface area contributed by atoms with Gasteiger partial charge in [0, 0.05) is 0 Å². The van der Waals surface area contributed by atoms with E-state index in [1.165, 1.54) is 13.0 Å². The Balaban J connectivity index is 3.10. The normalized spacial score (nSPS) is 15.8. The van der Waals surface area contributed by atoms with E-state index in [1.54, 1.807) is 12.1 Å². The van der Waals surface area contributed by atoms with E-state index in [9.17, 15) is 15.0 Å². The third kappa shape index (κ3) is 3.85. The Labute approximate surface area is 123 Å². The van der Waals surface area contributed by atoms with Crippen LogP contribution in [0.2, 0.25) is 10.0 Å². The van der Waals surface area contributed by atoms with Crippen LogP contribution in [0.4, 0.5) is 0 Å². The van der Waals surface area contributed by atoms with Crippen LogP contribution in [0.25, 0.3) is 0 Å². The summed E-state index contributed by atoms with van der Waals surface area (Å²) in [5.41, 5.74) is -1.01. The summed E-state index contributed by atoms with van der Waals surface area (Å²) in [5, 5.41) is 20.6. The van der Waals surface area contributed by atoms with E-state index in [0.29, 0.717) is 22.0 Å². The number of hydrogen-bond acceptors (Lipinski definition) is 2. The molecule has 3 nitrogen and oxygen atoms in total. The minimum absolute atomic E-state index is 0.305. The average molecular weight is 305 g/mol. The van der Waals surface area contributed by atoms with Gasteiger partial charge in [0.1, 0.15) is 5.60 Å². The molecule has 0 saturated carbocycles. The SMILES string of the molecule is CCCCC(C(=O)O)C(C)(O)c1ccc(Cl)c(Cl)c1. The molecule has 1 rings (SSSR count). The van der Waals surface area contributed by atoms with E-state index in [1.807, 2.05) is 6.92 Å². The summed E-state index contributed by atoms with van der Waals surface area (Å²) in [4.78, 5) is 11.4. The zero-order valence-electron chi connectivity index (χ0n) is 11.0. The Bertz CT molecular complexity index is 458. The van der Waals surface area contributed by atoms with Gasteiger partial charge >= 0.3 is 5.97 Å². The van der Waals surface area contributed by atoms with Crippen LogP contribution < -0.4 is 0 Å². The quantitative estimate of drug-likeness (QED) is 0.832. The summed E-state index contributed by atoms with van der Waals surface area (Å²) in [6.45, 7) is 3.48. The third-order valence-electron chi connectivity index (χ3n) is 3.33. The lowest BCUT2D eigenvalue weighted by Gasteiger charge is -2.30. The van der Waals surface area contributed by atoms with Gasteiger partial charge in [0.05, 0.1) is 16.0 Å². The number of aliphatic hydroxyl groups is 1. The Morgan fingerprint density at radius 2 is 2.00 bits per heavy atom. The fourth-order valence-electron chi connectivity index (χ4n) is 2.07. The molecule has 0 spiro atoms. The summed E-state index contributed by atoms with van der Waals surface area (Å²) >= 11 is 11.7. The van der Waals surface area contributed by atoms with E-state index in [-0.39, 0.29) is 0 Å². The maximum atomic E-state index is 11.4. The van der Waals surface area contributed by atoms with Gasteiger partial charge < -0.3 is 10.2 Å². The van der Waals surface area contributed by atoms with Crippen LogP contribution in [-0.2, 0) is 10.4 Å². The van der Waals surface area contributed by atoms with Crippen LogP contribution in [0.15, 0.2) is 18.2 Å². The molecule has 19 heavy (non-hydrogen) atoms. The van der Waals surface area contributed by atoms with E-state index in [2.05, 4.69) is 0 Å². The molecule has 2 N–H and O–H groups in total. The van der Waals surface area contributed by atoms with Gasteiger partial charge in [0.25, 0.3) is 0 Å². The molecule has 0 aliphatic carbocycles. The second-order valence-corrected chi connectivity index (χ2v) is 5.62. The predicted octanol–water partition coefficient (Wildman–Crippen LogP) is 4.09. The summed E-state index contributed by atoms with van der Waals surface area (Å²) < 4.78 is 0. The highest BCUT2D eigenvalue weighted by molar-refractivity contribution is 6.42. The van der Waals surface area contributed by atoms with Crippen molar-refractivity contribution in [3.05, 3.63) is 33.8 Å². The Kier molecular flexibility index (Phi) is 5.65. The van der Waals surface area contributed by atoms with Crippen LogP contribution in [-0.4, -0.2) is 16.2 Å². The van der Waals surface area contributed by atoms with Gasteiger partial charge in [-0.25, -0.2) is 0 Å². The first kappa shape index (κ1) is 16.3. The van der Waals surface area contributed by atoms with Gasteiger partial charge in [-0.05, 0) is 31.0 Å². The van der Waals surface area contributed by atoms with Crippen molar-refractivity contribution in [1.29, 1.82) is 0 Å². The largest absolute Gasteiger partial charge is 0.481 e. The molecule has 0 heterocycles. The molecule has 0 bridgehead atoms. The zero-order valence-corrected chi connectivity index (χ0v) is 12.5. The van der Waals surface area contributed by atoms with Gasteiger partial charge in [-0.15, -0.1) is 0 Å². The molecule has 106 valence electrons. The first-order chi connectivity index (χ1) is 8.80. The minimum atomic E-state index is -1.48. The molecule has 5 heteroatoms. The van der Waals surface area contributed by atoms with Crippen molar-refractivity contribution in [2.24, 2.45) is 5.92 Å². The van der Waals surface area contributed by atoms with Crippen LogP contribution in [0.3, 0.4) is 0 Å². The number of carboxylic acids is 1. The summed E-state index contributed by atoms with van der Waals surface area (Å²) in [6.07, 6.45) is 2.04. The monoisotopic (exact) mass is 304 g/mol. The molecule has 0 amide bonds. The first-order valence-corrected chi connectivity index (χ1v) is 6.97. The average Bonchev–Trinajstić information content (AvgIpc) is 2.32. The lowest BCUT2D eigenvalue weighted by Crippen LogP contribution is -2.37. The number of rotatable bonds is 6. The molecule has 1 aromatic rings. The second kappa shape index (κ2) is 6.60. The third-order valence-corrected chi connectivity index (χ3v) is 4.07. The number of hydrogen-bond donors (Lipinski definition) is 2. The lowest BCUT2D eigenvalue weighted by molar-refractivity contribution is -0.152. The van der Waals surface area contributed by atoms with E-state index in [0.717, 1.165) is 12.8 Å². The highest BCUT2D eigenvalue weighted by atomic mass is 35.5. The van der Waals surface area contributed by atoms with Crippen LogP contribution in [0.1, 0.15) is 38.7 Å². The number of halogens is 2. The predicted molar refractivity (Wildman–Crippen MR) is 76.7 cm³/mol. The number of aliphatic carboxylic acids is 1. The topological polar surface area (TPSA) is 57.5 Å². The maximum absolute atomic E-state index is 11.4. The lowest BCUT2D eigenvalue weighted by atomic mass is 9.80. The number of carbonyl (C=O) groups is 1. The Hall–Kier alpha value is -0.770. The van der Waals surface area contributed by atoms with Crippen molar-refractivity contribution < 1.29 is 15.0 Å². The van der Waals surface area contributed by atoms with Crippen LogP contribution in [0.5, 0.6) is 0 Å². The molecule has 0 saturated heterocycles. The standard InChI is InChI=1S/C14H18Cl2O3/c1-3-4-5-10(13(17)18)14(2,19)9-6-7-11(15)12(16)8-9/h6-8,10,19H,3-5H2,1-2H3,(H,17,18).